The lowest BCUT2D eigenvalue weighted by atomic mass is 10.2. The minimum Gasteiger partial charge on any atom is -0.494 e. The number of ether oxygens (including phenoxy) is 1. The molecule has 0 amide bonds. The van der Waals surface area contributed by atoms with E-state index < -0.39 is 11.7 Å². The molecule has 2 aromatic rings. The summed E-state index contributed by atoms with van der Waals surface area (Å²) in [5.74, 6) is 0.766. The van der Waals surface area contributed by atoms with Crippen molar-refractivity contribution in [3.8, 4) is 11.4 Å². The Morgan fingerprint density at radius 1 is 1.28 bits per heavy atom. The van der Waals surface area contributed by atoms with Crippen LogP contribution in [-0.2, 0) is 6.18 Å². The summed E-state index contributed by atoms with van der Waals surface area (Å²) in [6.07, 6.45) is -3.07. The van der Waals surface area contributed by atoms with Crippen molar-refractivity contribution in [2.24, 2.45) is 0 Å². The number of hydrogen-bond donors (Lipinski definition) is 0. The first kappa shape index (κ1) is 12.4. The minimum absolute atomic E-state index is 0.202. The van der Waals surface area contributed by atoms with E-state index in [1.807, 2.05) is 0 Å². The molecule has 1 aromatic carbocycles. The second kappa shape index (κ2) is 4.32. The summed E-state index contributed by atoms with van der Waals surface area (Å²) < 4.78 is 44.2. The van der Waals surface area contributed by atoms with Crippen molar-refractivity contribution in [3.05, 3.63) is 35.9 Å². The van der Waals surface area contributed by atoms with Crippen LogP contribution in [0, 0.1) is 6.92 Å². The van der Waals surface area contributed by atoms with E-state index in [1.165, 1.54) is 24.2 Å². The molecule has 0 fully saturated rings. The van der Waals surface area contributed by atoms with Gasteiger partial charge >= 0.3 is 6.18 Å². The molecule has 96 valence electrons. The Morgan fingerprint density at radius 3 is 2.50 bits per heavy atom. The lowest BCUT2D eigenvalue weighted by Crippen LogP contribution is -2.07. The molecule has 0 N–H and O–H groups in total. The van der Waals surface area contributed by atoms with E-state index in [0.717, 1.165) is 12.1 Å². The fourth-order valence-corrected chi connectivity index (χ4v) is 1.51. The first-order chi connectivity index (χ1) is 8.41. The maximum absolute atomic E-state index is 12.6. The molecule has 0 saturated heterocycles. The fourth-order valence-electron chi connectivity index (χ4n) is 1.51. The number of aromatic nitrogens is 3. The van der Waals surface area contributed by atoms with Gasteiger partial charge in [-0.3, -0.25) is 0 Å². The lowest BCUT2D eigenvalue weighted by molar-refractivity contribution is -0.137. The monoisotopic (exact) mass is 257 g/mol. The van der Waals surface area contributed by atoms with Crippen molar-refractivity contribution in [1.82, 2.24) is 14.8 Å². The third-order valence-corrected chi connectivity index (χ3v) is 2.36. The zero-order valence-corrected chi connectivity index (χ0v) is 9.69. The fraction of sp³-hybridized carbons (Fsp3) is 0.273. The van der Waals surface area contributed by atoms with Crippen LogP contribution in [-0.4, -0.2) is 21.9 Å². The third kappa shape index (κ3) is 2.29. The maximum Gasteiger partial charge on any atom is 0.416 e. The van der Waals surface area contributed by atoms with Gasteiger partial charge in [-0.2, -0.15) is 18.3 Å². The summed E-state index contributed by atoms with van der Waals surface area (Å²) in [6.45, 7) is 1.65. The van der Waals surface area contributed by atoms with Crippen molar-refractivity contribution in [2.45, 2.75) is 13.1 Å². The van der Waals surface area contributed by atoms with Crippen LogP contribution in [0.4, 0.5) is 13.2 Å². The predicted octanol–water partition coefficient (Wildman–Crippen LogP) is 2.60. The van der Waals surface area contributed by atoms with Crippen LogP contribution in [0.3, 0.4) is 0 Å². The van der Waals surface area contributed by atoms with E-state index in [1.54, 1.807) is 6.92 Å². The van der Waals surface area contributed by atoms with Gasteiger partial charge in [-0.05, 0) is 25.1 Å². The molecule has 0 unspecified atom stereocenters. The quantitative estimate of drug-likeness (QED) is 0.830. The molecule has 0 aliphatic rings. The number of nitrogens with zero attached hydrogens (tertiary/aromatic N) is 3. The Bertz CT molecular complexity index is 563. The van der Waals surface area contributed by atoms with E-state index in [4.69, 9.17) is 4.74 Å². The first-order valence-corrected chi connectivity index (χ1v) is 5.05. The molecule has 4 nitrogen and oxygen atoms in total. The van der Waals surface area contributed by atoms with Crippen LogP contribution in [0.5, 0.6) is 5.75 Å². The van der Waals surface area contributed by atoms with Crippen LogP contribution in [0.2, 0.25) is 0 Å². The maximum atomic E-state index is 12.6. The van der Waals surface area contributed by atoms with Crippen LogP contribution in [0.15, 0.2) is 24.5 Å². The summed E-state index contributed by atoms with van der Waals surface area (Å²) in [6, 6.07) is 3.20. The standard InChI is InChI=1S/C11H10F3N3O/c1-7-15-6-17(16-7)9-5-8(11(12,13)14)3-4-10(9)18-2/h3-6H,1-2H3. The van der Waals surface area contributed by atoms with Gasteiger partial charge in [0.1, 0.15) is 23.6 Å². The summed E-state index contributed by atoms with van der Waals surface area (Å²) in [4.78, 5) is 3.88. The molecule has 0 aliphatic heterocycles. The first-order valence-electron chi connectivity index (χ1n) is 5.05. The average Bonchev–Trinajstić information content (AvgIpc) is 2.73. The number of methoxy groups -OCH3 is 1. The van der Waals surface area contributed by atoms with Gasteiger partial charge in [-0.1, -0.05) is 0 Å². The van der Waals surface area contributed by atoms with Gasteiger partial charge in [0.25, 0.3) is 0 Å². The summed E-state index contributed by atoms with van der Waals surface area (Å²) in [7, 11) is 1.38. The molecule has 0 atom stereocenters. The minimum atomic E-state index is -4.41. The van der Waals surface area contributed by atoms with Crippen molar-refractivity contribution < 1.29 is 17.9 Å². The molecular formula is C11H10F3N3O. The normalized spacial score (nSPS) is 11.6. The van der Waals surface area contributed by atoms with Gasteiger partial charge in [0.2, 0.25) is 0 Å². The van der Waals surface area contributed by atoms with Crippen molar-refractivity contribution >= 4 is 0 Å². The van der Waals surface area contributed by atoms with Gasteiger partial charge in [0.15, 0.2) is 0 Å². The molecule has 0 spiro atoms. The highest BCUT2D eigenvalue weighted by Gasteiger charge is 2.31. The number of rotatable bonds is 2. The Labute approximate surface area is 101 Å². The number of halogens is 3. The average molecular weight is 257 g/mol. The molecule has 0 radical (unpaired) electrons. The van der Waals surface area contributed by atoms with Crippen LogP contribution >= 0.6 is 0 Å². The second-order valence-corrected chi connectivity index (χ2v) is 3.62. The highest BCUT2D eigenvalue weighted by atomic mass is 19.4. The van der Waals surface area contributed by atoms with E-state index in [2.05, 4.69) is 10.1 Å². The number of aryl methyl sites for hydroxylation is 1. The highest BCUT2D eigenvalue weighted by Crippen LogP contribution is 2.33. The molecule has 7 heteroatoms. The predicted molar refractivity (Wildman–Crippen MR) is 57.7 cm³/mol. The molecule has 2 rings (SSSR count). The molecular weight excluding hydrogens is 247 g/mol. The zero-order valence-electron chi connectivity index (χ0n) is 9.69. The van der Waals surface area contributed by atoms with Crippen LogP contribution < -0.4 is 4.74 Å². The zero-order chi connectivity index (χ0) is 13.3. The van der Waals surface area contributed by atoms with Gasteiger partial charge in [-0.15, -0.1) is 0 Å². The lowest BCUT2D eigenvalue weighted by Gasteiger charge is -2.12. The third-order valence-electron chi connectivity index (χ3n) is 2.36. The molecule has 18 heavy (non-hydrogen) atoms. The Kier molecular flexibility index (Phi) is 2.98. The smallest absolute Gasteiger partial charge is 0.416 e. The van der Waals surface area contributed by atoms with Crippen LogP contribution in [0.1, 0.15) is 11.4 Å². The summed E-state index contributed by atoms with van der Waals surface area (Å²) in [5.41, 5.74) is -0.556. The summed E-state index contributed by atoms with van der Waals surface area (Å²) in [5, 5.41) is 3.97. The highest BCUT2D eigenvalue weighted by molar-refractivity contribution is 5.49. The van der Waals surface area contributed by atoms with Gasteiger partial charge in [0, 0.05) is 0 Å². The Hall–Kier alpha value is -2.05. The van der Waals surface area contributed by atoms with E-state index >= 15 is 0 Å². The van der Waals surface area contributed by atoms with Crippen molar-refractivity contribution in [2.75, 3.05) is 7.11 Å². The second-order valence-electron chi connectivity index (χ2n) is 3.62. The largest absolute Gasteiger partial charge is 0.494 e. The van der Waals surface area contributed by atoms with Crippen molar-refractivity contribution in [1.29, 1.82) is 0 Å². The van der Waals surface area contributed by atoms with E-state index in [-0.39, 0.29) is 5.69 Å². The van der Waals surface area contributed by atoms with Crippen molar-refractivity contribution in [3.63, 3.8) is 0 Å². The molecule has 0 saturated carbocycles. The summed E-state index contributed by atoms with van der Waals surface area (Å²) >= 11 is 0. The molecule has 0 bridgehead atoms. The van der Waals surface area contributed by atoms with Crippen LogP contribution in [0.25, 0.3) is 5.69 Å². The van der Waals surface area contributed by atoms with Gasteiger partial charge in [-0.25, -0.2) is 9.67 Å². The number of benzene rings is 1. The molecule has 0 aliphatic carbocycles. The number of hydrogen-bond acceptors (Lipinski definition) is 3. The van der Waals surface area contributed by atoms with Gasteiger partial charge < -0.3 is 4.74 Å². The Morgan fingerprint density at radius 2 is 2.00 bits per heavy atom. The molecule has 1 heterocycles. The number of alkyl halides is 3. The Balaban J connectivity index is 2.56. The molecule has 1 aromatic heterocycles. The topological polar surface area (TPSA) is 39.9 Å². The van der Waals surface area contributed by atoms with E-state index in [0.29, 0.717) is 11.6 Å². The van der Waals surface area contributed by atoms with Gasteiger partial charge in [0.05, 0.1) is 12.7 Å². The SMILES string of the molecule is COc1ccc(C(F)(F)F)cc1-n1cnc(C)n1. The van der Waals surface area contributed by atoms with E-state index in [9.17, 15) is 13.2 Å².